The van der Waals surface area contributed by atoms with Crippen LogP contribution in [0, 0.1) is 0 Å². The number of fused-ring (bicyclic) bond motifs is 1. The van der Waals surface area contributed by atoms with E-state index in [1.54, 1.807) is 7.11 Å². The summed E-state index contributed by atoms with van der Waals surface area (Å²) in [6, 6.07) is 16.3. The standard InChI is InChI=1S/C15H13NO/c1-17-13-7-4-6-11(9-13)15-10-12-5-2-3-8-14(12)16-15/h2-9H,10H2,1H3. The van der Waals surface area contributed by atoms with Crippen LogP contribution in [-0.4, -0.2) is 12.8 Å². The van der Waals surface area contributed by atoms with E-state index in [4.69, 9.17) is 4.74 Å². The molecule has 0 aromatic heterocycles. The molecule has 0 N–H and O–H groups in total. The lowest BCUT2D eigenvalue weighted by molar-refractivity contribution is 0.414. The fraction of sp³-hybridized carbons (Fsp3) is 0.133. The second kappa shape index (κ2) is 4.06. The molecule has 0 fully saturated rings. The number of aliphatic imine (C=N–C) groups is 1. The minimum Gasteiger partial charge on any atom is -0.497 e. The van der Waals surface area contributed by atoms with E-state index in [2.05, 4.69) is 29.3 Å². The Morgan fingerprint density at radius 1 is 1.06 bits per heavy atom. The molecule has 0 amide bonds. The van der Waals surface area contributed by atoms with Crippen molar-refractivity contribution in [3.63, 3.8) is 0 Å². The van der Waals surface area contributed by atoms with Crippen molar-refractivity contribution >= 4 is 11.4 Å². The SMILES string of the molecule is COc1cccc(C2=Nc3ccccc3C2)c1. The fourth-order valence-electron chi connectivity index (χ4n) is 2.10. The highest BCUT2D eigenvalue weighted by atomic mass is 16.5. The zero-order chi connectivity index (χ0) is 11.7. The smallest absolute Gasteiger partial charge is 0.119 e. The highest BCUT2D eigenvalue weighted by molar-refractivity contribution is 6.06. The lowest BCUT2D eigenvalue weighted by atomic mass is 10.0. The molecular formula is C15H13NO. The Morgan fingerprint density at radius 2 is 1.94 bits per heavy atom. The van der Waals surface area contributed by atoms with Gasteiger partial charge < -0.3 is 4.74 Å². The maximum Gasteiger partial charge on any atom is 0.119 e. The molecule has 0 spiro atoms. The third-order valence-corrected chi connectivity index (χ3v) is 3.01. The zero-order valence-corrected chi connectivity index (χ0v) is 9.68. The van der Waals surface area contributed by atoms with Gasteiger partial charge in [-0.1, -0.05) is 30.3 Å². The highest BCUT2D eigenvalue weighted by Crippen LogP contribution is 2.29. The Morgan fingerprint density at radius 3 is 2.76 bits per heavy atom. The molecule has 0 saturated carbocycles. The molecule has 3 rings (SSSR count). The molecule has 0 saturated heterocycles. The average Bonchev–Trinajstić information content (AvgIpc) is 2.82. The average molecular weight is 223 g/mol. The van der Waals surface area contributed by atoms with Crippen LogP contribution in [0.1, 0.15) is 11.1 Å². The summed E-state index contributed by atoms with van der Waals surface area (Å²) in [5.41, 5.74) is 4.64. The Balaban J connectivity index is 1.98. The number of methoxy groups -OCH3 is 1. The first-order chi connectivity index (χ1) is 8.36. The Bertz CT molecular complexity index is 587. The summed E-state index contributed by atoms with van der Waals surface area (Å²) in [5, 5.41) is 0. The quantitative estimate of drug-likeness (QED) is 0.764. The fourth-order valence-corrected chi connectivity index (χ4v) is 2.10. The van der Waals surface area contributed by atoms with E-state index in [0.29, 0.717) is 0 Å². The number of rotatable bonds is 2. The summed E-state index contributed by atoms with van der Waals surface area (Å²) < 4.78 is 5.24. The van der Waals surface area contributed by atoms with Crippen LogP contribution in [-0.2, 0) is 6.42 Å². The molecule has 2 aromatic rings. The number of ether oxygens (including phenoxy) is 1. The predicted molar refractivity (Wildman–Crippen MR) is 69.3 cm³/mol. The minimum atomic E-state index is 0.876. The summed E-state index contributed by atoms with van der Waals surface area (Å²) >= 11 is 0. The van der Waals surface area contributed by atoms with E-state index in [1.165, 1.54) is 5.56 Å². The van der Waals surface area contributed by atoms with Crippen molar-refractivity contribution < 1.29 is 4.74 Å². The predicted octanol–water partition coefficient (Wildman–Crippen LogP) is 3.37. The number of hydrogen-bond acceptors (Lipinski definition) is 2. The maximum atomic E-state index is 5.24. The topological polar surface area (TPSA) is 21.6 Å². The van der Waals surface area contributed by atoms with Gasteiger partial charge in [0.2, 0.25) is 0 Å². The van der Waals surface area contributed by atoms with Gasteiger partial charge in [-0.2, -0.15) is 0 Å². The number of hydrogen-bond donors (Lipinski definition) is 0. The van der Waals surface area contributed by atoms with E-state index >= 15 is 0 Å². The van der Waals surface area contributed by atoms with Gasteiger partial charge in [0, 0.05) is 6.42 Å². The zero-order valence-electron chi connectivity index (χ0n) is 9.68. The highest BCUT2D eigenvalue weighted by Gasteiger charge is 2.15. The molecule has 2 aromatic carbocycles. The first-order valence-corrected chi connectivity index (χ1v) is 5.67. The second-order valence-corrected chi connectivity index (χ2v) is 4.10. The molecule has 84 valence electrons. The molecule has 17 heavy (non-hydrogen) atoms. The van der Waals surface area contributed by atoms with Gasteiger partial charge in [0.1, 0.15) is 5.75 Å². The Labute approximate surface area is 101 Å². The molecule has 0 bridgehead atoms. The van der Waals surface area contributed by atoms with Crippen LogP contribution in [0.4, 0.5) is 5.69 Å². The van der Waals surface area contributed by atoms with Gasteiger partial charge in [-0.15, -0.1) is 0 Å². The van der Waals surface area contributed by atoms with Gasteiger partial charge in [0.05, 0.1) is 18.5 Å². The lowest BCUT2D eigenvalue weighted by Gasteiger charge is -2.03. The van der Waals surface area contributed by atoms with Crippen LogP contribution in [0.5, 0.6) is 5.75 Å². The third kappa shape index (κ3) is 1.82. The van der Waals surface area contributed by atoms with Crippen LogP contribution in [0.25, 0.3) is 0 Å². The molecule has 1 heterocycles. The van der Waals surface area contributed by atoms with Crippen LogP contribution in [0.2, 0.25) is 0 Å². The van der Waals surface area contributed by atoms with Crippen molar-refractivity contribution in [3.8, 4) is 5.75 Å². The monoisotopic (exact) mass is 223 g/mol. The number of nitrogens with zero attached hydrogens (tertiary/aromatic N) is 1. The molecule has 1 aliphatic rings. The molecule has 2 nitrogen and oxygen atoms in total. The molecule has 0 radical (unpaired) electrons. The van der Waals surface area contributed by atoms with Crippen molar-refractivity contribution in [2.24, 2.45) is 4.99 Å². The maximum absolute atomic E-state index is 5.24. The summed E-state index contributed by atoms with van der Waals surface area (Å²) in [6.07, 6.45) is 0.906. The Kier molecular flexibility index (Phi) is 2.41. The van der Waals surface area contributed by atoms with E-state index in [-0.39, 0.29) is 0 Å². The first-order valence-electron chi connectivity index (χ1n) is 5.67. The summed E-state index contributed by atoms with van der Waals surface area (Å²) in [5.74, 6) is 0.876. The van der Waals surface area contributed by atoms with Crippen LogP contribution in [0.15, 0.2) is 53.5 Å². The van der Waals surface area contributed by atoms with Gasteiger partial charge in [0.25, 0.3) is 0 Å². The minimum absolute atomic E-state index is 0.876. The molecule has 0 atom stereocenters. The van der Waals surface area contributed by atoms with Crippen LogP contribution in [0.3, 0.4) is 0 Å². The van der Waals surface area contributed by atoms with Gasteiger partial charge in [-0.3, -0.25) is 4.99 Å². The lowest BCUT2D eigenvalue weighted by Crippen LogP contribution is -2.00. The third-order valence-electron chi connectivity index (χ3n) is 3.01. The van der Waals surface area contributed by atoms with E-state index in [0.717, 1.165) is 29.1 Å². The molecule has 0 aliphatic carbocycles. The molecular weight excluding hydrogens is 210 g/mol. The van der Waals surface area contributed by atoms with Crippen LogP contribution < -0.4 is 4.74 Å². The largest absolute Gasteiger partial charge is 0.497 e. The van der Waals surface area contributed by atoms with Gasteiger partial charge in [-0.05, 0) is 29.3 Å². The van der Waals surface area contributed by atoms with Crippen molar-refractivity contribution in [1.82, 2.24) is 0 Å². The summed E-state index contributed by atoms with van der Waals surface area (Å²) in [4.78, 5) is 4.66. The van der Waals surface area contributed by atoms with Crippen molar-refractivity contribution in [3.05, 3.63) is 59.7 Å². The molecule has 0 unspecified atom stereocenters. The van der Waals surface area contributed by atoms with E-state index < -0.39 is 0 Å². The van der Waals surface area contributed by atoms with Crippen molar-refractivity contribution in [2.45, 2.75) is 6.42 Å². The summed E-state index contributed by atoms with van der Waals surface area (Å²) in [6.45, 7) is 0. The van der Waals surface area contributed by atoms with Crippen molar-refractivity contribution in [1.29, 1.82) is 0 Å². The Hall–Kier alpha value is -2.09. The second-order valence-electron chi connectivity index (χ2n) is 4.10. The number of benzene rings is 2. The molecule has 1 aliphatic heterocycles. The summed E-state index contributed by atoms with van der Waals surface area (Å²) in [7, 11) is 1.68. The molecule has 2 heteroatoms. The van der Waals surface area contributed by atoms with E-state index in [9.17, 15) is 0 Å². The van der Waals surface area contributed by atoms with Gasteiger partial charge in [-0.25, -0.2) is 0 Å². The van der Waals surface area contributed by atoms with Gasteiger partial charge >= 0.3 is 0 Å². The number of para-hydroxylation sites is 1. The normalized spacial score (nSPS) is 13.1. The van der Waals surface area contributed by atoms with Gasteiger partial charge in [0.15, 0.2) is 0 Å². The first kappa shape index (κ1) is 10.1. The van der Waals surface area contributed by atoms with Crippen molar-refractivity contribution in [2.75, 3.05) is 7.11 Å². The van der Waals surface area contributed by atoms with E-state index in [1.807, 2.05) is 24.3 Å². The van der Waals surface area contributed by atoms with Crippen LogP contribution >= 0.6 is 0 Å².